The van der Waals surface area contributed by atoms with Crippen molar-refractivity contribution in [2.75, 3.05) is 26.7 Å². The first-order valence-corrected chi connectivity index (χ1v) is 8.99. The summed E-state index contributed by atoms with van der Waals surface area (Å²) < 4.78 is 0.697. The van der Waals surface area contributed by atoms with Gasteiger partial charge in [0.15, 0.2) is 5.96 Å². The summed E-state index contributed by atoms with van der Waals surface area (Å²) in [5, 5.41) is 16.8. The third kappa shape index (κ3) is 4.13. The molecule has 2 aliphatic rings. The van der Waals surface area contributed by atoms with Gasteiger partial charge in [-0.15, -0.1) is 11.3 Å². The number of guanidine groups is 1. The smallest absolute Gasteiger partial charge is 0.191 e. The molecular formula is C15H23ClN4OS. The molecule has 7 heteroatoms. The number of aliphatic hydroxyl groups excluding tert-OH is 1. The molecule has 0 amide bonds. The van der Waals surface area contributed by atoms with Crippen LogP contribution in [0.2, 0.25) is 4.34 Å². The number of aliphatic hydroxyl groups is 1. The molecule has 2 atom stereocenters. The lowest BCUT2D eigenvalue weighted by Crippen LogP contribution is -2.45. The van der Waals surface area contributed by atoms with Gasteiger partial charge in [0, 0.05) is 43.6 Å². The van der Waals surface area contributed by atoms with E-state index >= 15 is 0 Å². The van der Waals surface area contributed by atoms with Crippen LogP contribution in [0, 0.1) is 0 Å². The van der Waals surface area contributed by atoms with E-state index in [9.17, 15) is 5.11 Å². The minimum Gasteiger partial charge on any atom is -0.386 e. The molecule has 22 heavy (non-hydrogen) atoms. The summed E-state index contributed by atoms with van der Waals surface area (Å²) in [4.78, 5) is 7.68. The van der Waals surface area contributed by atoms with Gasteiger partial charge in [-0.05, 0) is 31.4 Å². The summed E-state index contributed by atoms with van der Waals surface area (Å²) in [6.45, 7) is 2.69. The number of thiophene rings is 1. The van der Waals surface area contributed by atoms with Crippen molar-refractivity contribution in [1.82, 2.24) is 15.5 Å². The van der Waals surface area contributed by atoms with Crippen molar-refractivity contribution in [2.45, 2.75) is 37.5 Å². The van der Waals surface area contributed by atoms with Crippen molar-refractivity contribution in [3.8, 4) is 0 Å². The number of likely N-dealkylation sites (tertiary alicyclic amines) is 1. The lowest BCUT2D eigenvalue weighted by molar-refractivity contribution is 0.184. The molecule has 1 aromatic heterocycles. The second kappa shape index (κ2) is 7.17. The van der Waals surface area contributed by atoms with Crippen molar-refractivity contribution < 1.29 is 5.11 Å². The third-order valence-electron chi connectivity index (χ3n) is 4.23. The maximum Gasteiger partial charge on any atom is 0.191 e. The van der Waals surface area contributed by atoms with Crippen molar-refractivity contribution in [1.29, 1.82) is 0 Å². The number of rotatable bonds is 5. The Balaban J connectivity index is 1.44. The Kier molecular flexibility index (Phi) is 5.23. The fourth-order valence-electron chi connectivity index (χ4n) is 2.87. The SMILES string of the molecule is CN=C(NCC(O)c1ccc(Cl)s1)NC1CCN(C2CC2)C1. The molecule has 1 aliphatic heterocycles. The van der Waals surface area contributed by atoms with E-state index in [-0.39, 0.29) is 0 Å². The van der Waals surface area contributed by atoms with E-state index in [0.717, 1.165) is 29.8 Å². The molecular weight excluding hydrogens is 320 g/mol. The summed E-state index contributed by atoms with van der Waals surface area (Å²) in [6.07, 6.45) is 3.30. The quantitative estimate of drug-likeness (QED) is 0.564. The second-order valence-corrected chi connectivity index (χ2v) is 7.71. The standard InChI is InChI=1S/C15H23ClN4OS/c1-17-15(18-8-12(21)13-4-5-14(16)22-13)19-10-6-7-20(9-10)11-2-3-11/h4-5,10-12,21H,2-3,6-9H2,1H3,(H2,17,18,19). The lowest BCUT2D eigenvalue weighted by atomic mass is 10.2. The molecule has 3 N–H and O–H groups in total. The number of hydrogen-bond donors (Lipinski definition) is 3. The van der Waals surface area contributed by atoms with Gasteiger partial charge in [0.05, 0.1) is 4.34 Å². The maximum absolute atomic E-state index is 10.2. The highest BCUT2D eigenvalue weighted by molar-refractivity contribution is 7.16. The normalized spacial score (nSPS) is 24.5. The van der Waals surface area contributed by atoms with Gasteiger partial charge >= 0.3 is 0 Å². The molecule has 122 valence electrons. The highest BCUT2D eigenvalue weighted by Gasteiger charge is 2.34. The van der Waals surface area contributed by atoms with E-state index in [2.05, 4.69) is 20.5 Å². The van der Waals surface area contributed by atoms with E-state index in [0.29, 0.717) is 16.9 Å². The van der Waals surface area contributed by atoms with Crippen LogP contribution in [0.15, 0.2) is 17.1 Å². The molecule has 2 heterocycles. The molecule has 2 unspecified atom stereocenters. The molecule has 1 saturated carbocycles. The summed E-state index contributed by atoms with van der Waals surface area (Å²) in [5.74, 6) is 0.754. The molecule has 3 rings (SSSR count). The van der Waals surface area contributed by atoms with Crippen LogP contribution in [0.5, 0.6) is 0 Å². The molecule has 0 spiro atoms. The van der Waals surface area contributed by atoms with Crippen LogP contribution < -0.4 is 10.6 Å². The number of nitrogens with zero attached hydrogens (tertiary/aromatic N) is 2. The van der Waals surface area contributed by atoms with E-state index in [1.165, 1.54) is 30.7 Å². The maximum atomic E-state index is 10.2. The van der Waals surface area contributed by atoms with Crippen molar-refractivity contribution >= 4 is 28.9 Å². The van der Waals surface area contributed by atoms with Gasteiger partial charge in [0.25, 0.3) is 0 Å². The van der Waals surface area contributed by atoms with Gasteiger partial charge in [-0.1, -0.05) is 11.6 Å². The number of aliphatic imine (C=N–C) groups is 1. The highest BCUT2D eigenvalue weighted by atomic mass is 35.5. The van der Waals surface area contributed by atoms with E-state index in [4.69, 9.17) is 11.6 Å². The number of halogens is 1. The van der Waals surface area contributed by atoms with Crippen LogP contribution in [-0.4, -0.2) is 54.7 Å². The van der Waals surface area contributed by atoms with Crippen LogP contribution in [0.25, 0.3) is 0 Å². The first-order chi connectivity index (χ1) is 10.7. The van der Waals surface area contributed by atoms with Gasteiger partial charge in [0.1, 0.15) is 6.10 Å². The fourth-order valence-corrected chi connectivity index (χ4v) is 3.91. The predicted octanol–water partition coefficient (Wildman–Crippen LogP) is 1.84. The van der Waals surface area contributed by atoms with Gasteiger partial charge in [0.2, 0.25) is 0 Å². The Hall–Kier alpha value is -0.820. The van der Waals surface area contributed by atoms with Gasteiger partial charge in [-0.2, -0.15) is 0 Å². The van der Waals surface area contributed by atoms with Crippen molar-refractivity contribution in [3.05, 3.63) is 21.3 Å². The van der Waals surface area contributed by atoms with Crippen LogP contribution in [0.4, 0.5) is 0 Å². The summed E-state index contributed by atoms with van der Waals surface area (Å²) in [7, 11) is 1.76. The van der Waals surface area contributed by atoms with Crippen molar-refractivity contribution in [2.24, 2.45) is 4.99 Å². The number of nitrogens with one attached hydrogen (secondary N) is 2. The Bertz CT molecular complexity index is 531. The molecule has 1 aliphatic carbocycles. The summed E-state index contributed by atoms with van der Waals surface area (Å²) in [5.41, 5.74) is 0. The molecule has 1 aromatic rings. The average Bonchev–Trinajstić information content (AvgIpc) is 3.11. The summed E-state index contributed by atoms with van der Waals surface area (Å²) >= 11 is 7.31. The molecule has 2 fully saturated rings. The predicted molar refractivity (Wildman–Crippen MR) is 91.8 cm³/mol. The Morgan fingerprint density at radius 3 is 2.95 bits per heavy atom. The van der Waals surface area contributed by atoms with Crippen molar-refractivity contribution in [3.63, 3.8) is 0 Å². The Morgan fingerprint density at radius 1 is 1.50 bits per heavy atom. The second-order valence-electron chi connectivity index (χ2n) is 5.97. The van der Waals surface area contributed by atoms with Gasteiger partial charge in [-0.25, -0.2) is 0 Å². The molecule has 0 bridgehead atoms. The first kappa shape index (κ1) is 16.1. The minimum absolute atomic E-state index is 0.426. The third-order valence-corrected chi connectivity index (χ3v) is 5.57. The van der Waals surface area contributed by atoms with Gasteiger partial charge in [-0.3, -0.25) is 9.89 Å². The molecule has 5 nitrogen and oxygen atoms in total. The minimum atomic E-state index is -0.567. The first-order valence-electron chi connectivity index (χ1n) is 7.80. The van der Waals surface area contributed by atoms with Gasteiger partial charge < -0.3 is 15.7 Å². The Labute approximate surface area is 140 Å². The largest absolute Gasteiger partial charge is 0.386 e. The van der Waals surface area contributed by atoms with E-state index in [1.807, 2.05) is 12.1 Å². The van der Waals surface area contributed by atoms with E-state index in [1.54, 1.807) is 7.05 Å². The van der Waals surface area contributed by atoms with Crippen LogP contribution in [-0.2, 0) is 0 Å². The van der Waals surface area contributed by atoms with E-state index < -0.39 is 6.10 Å². The zero-order valence-corrected chi connectivity index (χ0v) is 14.3. The van der Waals surface area contributed by atoms with Crippen LogP contribution in [0.1, 0.15) is 30.2 Å². The summed E-state index contributed by atoms with van der Waals surface area (Å²) in [6, 6.07) is 4.94. The fraction of sp³-hybridized carbons (Fsp3) is 0.667. The van der Waals surface area contributed by atoms with Crippen LogP contribution in [0.3, 0.4) is 0 Å². The monoisotopic (exact) mass is 342 g/mol. The molecule has 0 aromatic carbocycles. The average molecular weight is 343 g/mol. The lowest BCUT2D eigenvalue weighted by Gasteiger charge is -2.19. The molecule has 1 saturated heterocycles. The number of hydrogen-bond acceptors (Lipinski definition) is 4. The zero-order chi connectivity index (χ0) is 15.5. The van der Waals surface area contributed by atoms with Crippen LogP contribution >= 0.6 is 22.9 Å². The zero-order valence-electron chi connectivity index (χ0n) is 12.8. The molecule has 0 radical (unpaired) electrons. The Morgan fingerprint density at radius 2 is 2.32 bits per heavy atom. The topological polar surface area (TPSA) is 59.9 Å². The highest BCUT2D eigenvalue weighted by Crippen LogP contribution is 2.29.